The standard InChI is InChI=1S/C30H24N2O4/c1-20(33)21-11-13-22(14-12-21)27-10-6-5-7-23(27)18-30(36,25-8-3-2-4-9-25)29(35)32-26-16-15-24(19-31)28(34)17-26/h2-17,34,36H,18H2,1H3,(H,32,35). The minimum atomic E-state index is -1.94. The summed E-state index contributed by atoms with van der Waals surface area (Å²) >= 11 is 0. The van der Waals surface area contributed by atoms with Crippen LogP contribution >= 0.6 is 0 Å². The number of rotatable bonds is 7. The molecule has 4 rings (SSSR count). The van der Waals surface area contributed by atoms with E-state index in [9.17, 15) is 19.8 Å². The fourth-order valence-electron chi connectivity index (χ4n) is 4.08. The fraction of sp³-hybridized carbons (Fsp3) is 0.100. The molecule has 0 saturated carbocycles. The minimum Gasteiger partial charge on any atom is -0.506 e. The van der Waals surface area contributed by atoms with Gasteiger partial charge in [0.1, 0.15) is 11.8 Å². The van der Waals surface area contributed by atoms with Gasteiger partial charge >= 0.3 is 0 Å². The first-order valence-electron chi connectivity index (χ1n) is 11.3. The average Bonchev–Trinajstić information content (AvgIpc) is 2.89. The molecule has 4 aromatic carbocycles. The maximum absolute atomic E-state index is 13.5. The van der Waals surface area contributed by atoms with Crippen molar-refractivity contribution in [2.24, 2.45) is 0 Å². The number of hydrogen-bond acceptors (Lipinski definition) is 5. The maximum Gasteiger partial charge on any atom is 0.261 e. The van der Waals surface area contributed by atoms with Crippen LogP contribution in [0.25, 0.3) is 11.1 Å². The molecule has 178 valence electrons. The molecule has 1 amide bonds. The number of nitrogens with one attached hydrogen (secondary N) is 1. The van der Waals surface area contributed by atoms with Gasteiger partial charge in [-0.25, -0.2) is 0 Å². The Bertz CT molecular complexity index is 1460. The van der Waals surface area contributed by atoms with Gasteiger partial charge in [-0.3, -0.25) is 9.59 Å². The largest absolute Gasteiger partial charge is 0.506 e. The molecule has 0 radical (unpaired) electrons. The van der Waals surface area contributed by atoms with Gasteiger partial charge in [0.05, 0.1) is 5.56 Å². The number of ketones is 1. The number of aromatic hydroxyl groups is 1. The Morgan fingerprint density at radius 2 is 1.58 bits per heavy atom. The Morgan fingerprint density at radius 1 is 0.917 bits per heavy atom. The topological polar surface area (TPSA) is 110 Å². The summed E-state index contributed by atoms with van der Waals surface area (Å²) in [7, 11) is 0. The van der Waals surface area contributed by atoms with Crippen molar-refractivity contribution < 1.29 is 19.8 Å². The highest BCUT2D eigenvalue weighted by Gasteiger charge is 2.39. The Kier molecular flexibility index (Phi) is 6.95. The third kappa shape index (κ3) is 5.02. The van der Waals surface area contributed by atoms with Crippen molar-refractivity contribution in [2.75, 3.05) is 5.32 Å². The second-order valence-corrected chi connectivity index (χ2v) is 8.49. The lowest BCUT2D eigenvalue weighted by atomic mass is 9.83. The van der Waals surface area contributed by atoms with Gasteiger partial charge in [-0.2, -0.15) is 5.26 Å². The number of nitriles is 1. The van der Waals surface area contributed by atoms with E-state index < -0.39 is 11.5 Å². The summed E-state index contributed by atoms with van der Waals surface area (Å²) in [6.07, 6.45) is -0.0320. The summed E-state index contributed by atoms with van der Waals surface area (Å²) in [6.45, 7) is 1.51. The number of carbonyl (C=O) groups is 2. The van der Waals surface area contributed by atoms with E-state index >= 15 is 0 Å². The maximum atomic E-state index is 13.5. The number of phenolic OH excluding ortho intramolecular Hbond substituents is 1. The van der Waals surface area contributed by atoms with Crippen LogP contribution in [-0.2, 0) is 16.8 Å². The molecular weight excluding hydrogens is 452 g/mol. The van der Waals surface area contributed by atoms with Crippen molar-refractivity contribution in [2.45, 2.75) is 18.9 Å². The molecule has 0 heterocycles. The first-order chi connectivity index (χ1) is 17.3. The molecule has 1 unspecified atom stereocenters. The molecule has 0 fully saturated rings. The number of amides is 1. The molecule has 0 aromatic heterocycles. The van der Waals surface area contributed by atoms with Crippen LogP contribution in [0.3, 0.4) is 0 Å². The van der Waals surface area contributed by atoms with Crippen molar-refractivity contribution in [3.8, 4) is 22.9 Å². The molecule has 0 aliphatic carbocycles. The zero-order valence-corrected chi connectivity index (χ0v) is 19.6. The zero-order valence-electron chi connectivity index (χ0n) is 19.6. The van der Waals surface area contributed by atoms with Crippen LogP contribution in [0, 0.1) is 11.3 Å². The molecule has 0 bridgehead atoms. The third-order valence-electron chi connectivity index (χ3n) is 6.07. The highest BCUT2D eigenvalue weighted by Crippen LogP contribution is 2.33. The molecular formula is C30H24N2O4. The van der Waals surface area contributed by atoms with Crippen molar-refractivity contribution >= 4 is 17.4 Å². The number of anilines is 1. The predicted molar refractivity (Wildman–Crippen MR) is 137 cm³/mol. The molecule has 0 aliphatic heterocycles. The SMILES string of the molecule is CC(=O)c1ccc(-c2ccccc2CC(O)(C(=O)Nc2ccc(C#N)c(O)c2)c2ccccc2)cc1. The van der Waals surface area contributed by atoms with Crippen LogP contribution in [0.4, 0.5) is 5.69 Å². The number of benzene rings is 4. The quantitative estimate of drug-likeness (QED) is 0.318. The monoisotopic (exact) mass is 476 g/mol. The predicted octanol–water partition coefficient (Wildman–Crippen LogP) is 5.20. The molecule has 6 nitrogen and oxygen atoms in total. The number of aliphatic hydroxyl groups is 1. The average molecular weight is 477 g/mol. The molecule has 3 N–H and O–H groups in total. The van der Waals surface area contributed by atoms with Crippen LogP contribution in [0.5, 0.6) is 5.75 Å². The van der Waals surface area contributed by atoms with E-state index in [0.29, 0.717) is 11.1 Å². The van der Waals surface area contributed by atoms with E-state index in [1.807, 2.05) is 42.5 Å². The molecule has 4 aromatic rings. The Hall–Kier alpha value is -4.73. The Balaban J connectivity index is 1.72. The molecule has 1 atom stereocenters. The van der Waals surface area contributed by atoms with Gasteiger partial charge in [-0.15, -0.1) is 0 Å². The summed E-state index contributed by atoms with van der Waals surface area (Å²) < 4.78 is 0. The van der Waals surface area contributed by atoms with Crippen LogP contribution < -0.4 is 5.32 Å². The fourth-order valence-corrected chi connectivity index (χ4v) is 4.08. The summed E-state index contributed by atoms with van der Waals surface area (Å²) in [6, 6.07) is 29.3. The molecule has 6 heteroatoms. The third-order valence-corrected chi connectivity index (χ3v) is 6.07. The van der Waals surface area contributed by atoms with Crippen molar-refractivity contribution in [3.05, 3.63) is 119 Å². The van der Waals surface area contributed by atoms with Gasteiger partial charge in [-0.05, 0) is 41.3 Å². The summed E-state index contributed by atoms with van der Waals surface area (Å²) in [5, 5.41) is 33.6. The van der Waals surface area contributed by atoms with Gasteiger partial charge in [0, 0.05) is 23.7 Å². The van der Waals surface area contributed by atoms with Gasteiger partial charge in [-0.1, -0.05) is 78.9 Å². The highest BCUT2D eigenvalue weighted by molar-refractivity contribution is 5.98. The van der Waals surface area contributed by atoms with E-state index in [1.54, 1.807) is 42.5 Å². The second-order valence-electron chi connectivity index (χ2n) is 8.49. The van der Waals surface area contributed by atoms with Crippen LogP contribution in [-0.4, -0.2) is 21.9 Å². The minimum absolute atomic E-state index is 0.0289. The lowest BCUT2D eigenvalue weighted by molar-refractivity contribution is -0.135. The molecule has 0 saturated heterocycles. The normalized spacial score (nSPS) is 12.2. The molecule has 36 heavy (non-hydrogen) atoms. The van der Waals surface area contributed by atoms with E-state index in [1.165, 1.54) is 25.1 Å². The van der Waals surface area contributed by atoms with Crippen molar-refractivity contribution in [1.82, 2.24) is 0 Å². The molecule has 0 aliphatic rings. The van der Waals surface area contributed by atoms with E-state index in [4.69, 9.17) is 5.26 Å². The van der Waals surface area contributed by atoms with Gasteiger partial charge in [0.25, 0.3) is 5.91 Å². The van der Waals surface area contributed by atoms with E-state index in [2.05, 4.69) is 5.32 Å². The Labute approximate surface area is 209 Å². The highest BCUT2D eigenvalue weighted by atomic mass is 16.3. The van der Waals surface area contributed by atoms with Gasteiger partial charge in [0.2, 0.25) is 0 Å². The molecule has 0 spiro atoms. The van der Waals surface area contributed by atoms with E-state index in [-0.39, 0.29) is 29.2 Å². The zero-order chi connectivity index (χ0) is 25.7. The number of hydrogen-bond donors (Lipinski definition) is 3. The van der Waals surface area contributed by atoms with Crippen LogP contribution in [0.2, 0.25) is 0 Å². The van der Waals surface area contributed by atoms with Crippen molar-refractivity contribution in [3.63, 3.8) is 0 Å². The number of Topliss-reactive ketones (excluding diaryl/α,β-unsaturated/α-hetero) is 1. The smallest absolute Gasteiger partial charge is 0.261 e. The summed E-state index contributed by atoms with van der Waals surface area (Å²) in [4.78, 5) is 25.2. The number of nitrogens with zero attached hydrogens (tertiary/aromatic N) is 1. The van der Waals surface area contributed by atoms with Gasteiger partial charge in [0.15, 0.2) is 11.4 Å². The second kappa shape index (κ2) is 10.3. The van der Waals surface area contributed by atoms with Crippen LogP contribution in [0.1, 0.15) is 34.0 Å². The lowest BCUT2D eigenvalue weighted by Gasteiger charge is -2.29. The number of phenols is 1. The first kappa shape index (κ1) is 24.4. The Morgan fingerprint density at radius 3 is 2.22 bits per heavy atom. The lowest BCUT2D eigenvalue weighted by Crippen LogP contribution is -2.42. The summed E-state index contributed by atoms with van der Waals surface area (Å²) in [5.74, 6) is -0.976. The van der Waals surface area contributed by atoms with E-state index in [0.717, 1.165) is 16.7 Å². The summed E-state index contributed by atoms with van der Waals surface area (Å²) in [5.41, 5.74) is 1.80. The van der Waals surface area contributed by atoms with Crippen LogP contribution in [0.15, 0.2) is 97.1 Å². The van der Waals surface area contributed by atoms with Gasteiger partial charge < -0.3 is 15.5 Å². The van der Waals surface area contributed by atoms with Crippen molar-refractivity contribution in [1.29, 1.82) is 5.26 Å². The first-order valence-corrected chi connectivity index (χ1v) is 11.3. The number of carbonyl (C=O) groups excluding carboxylic acids is 2.